The normalized spacial score (nSPS) is 48.4. The summed E-state index contributed by atoms with van der Waals surface area (Å²) in [4.78, 5) is 13.3. The number of nitrogens with zero attached hydrogens (tertiary/aromatic N) is 1. The molecular weight excluding hydrogens is 222 g/mol. The van der Waals surface area contributed by atoms with Gasteiger partial charge in [-0.25, -0.2) is 4.90 Å². The van der Waals surface area contributed by atoms with Crippen LogP contribution < -0.4 is 0 Å². The Morgan fingerprint density at radius 2 is 1.76 bits per heavy atom. The molecule has 17 heavy (non-hydrogen) atoms. The quantitative estimate of drug-likeness (QED) is 0.672. The lowest BCUT2D eigenvalue weighted by atomic mass is 10.0. The van der Waals surface area contributed by atoms with E-state index < -0.39 is 0 Å². The number of rotatable bonds is 2. The molecule has 3 saturated heterocycles. The van der Waals surface area contributed by atoms with Crippen LogP contribution in [0.3, 0.4) is 0 Å². The first-order valence-electron chi connectivity index (χ1n) is 6.12. The molecule has 3 heterocycles. The van der Waals surface area contributed by atoms with Crippen molar-refractivity contribution in [3.63, 3.8) is 0 Å². The molecule has 3 aliphatic rings. The molecule has 3 fully saturated rings. The lowest BCUT2D eigenvalue weighted by Gasteiger charge is -2.37. The number of esters is 1. The highest BCUT2D eigenvalue weighted by atomic mass is 16.6. The molecule has 3 aliphatic heterocycles. The van der Waals surface area contributed by atoms with Gasteiger partial charge >= 0.3 is 5.97 Å². The number of hydrogen-bond acceptors (Lipinski definition) is 5. The van der Waals surface area contributed by atoms with Crippen molar-refractivity contribution in [1.82, 2.24) is 4.90 Å². The molecule has 0 N–H and O–H groups in total. The summed E-state index contributed by atoms with van der Waals surface area (Å²) in [5.41, 5.74) is -0.803. The largest absolute Gasteiger partial charge is 0.464 e. The molecule has 2 atom stereocenters. The predicted octanol–water partition coefficient (Wildman–Crippen LogP) is 0.877. The van der Waals surface area contributed by atoms with Crippen LogP contribution in [0.1, 0.15) is 33.6 Å². The fourth-order valence-corrected chi connectivity index (χ4v) is 3.60. The maximum atomic E-state index is 11.0. The summed E-state index contributed by atoms with van der Waals surface area (Å²) in [7, 11) is 0. The fourth-order valence-electron chi connectivity index (χ4n) is 3.60. The highest BCUT2D eigenvalue weighted by Crippen LogP contribution is 2.55. The third-order valence-electron chi connectivity index (χ3n) is 4.32. The highest BCUT2D eigenvalue weighted by Gasteiger charge is 2.69. The smallest absolute Gasteiger partial charge is 0.302 e. The van der Waals surface area contributed by atoms with Crippen molar-refractivity contribution in [3.8, 4) is 0 Å². The Hall–Kier alpha value is -0.650. The summed E-state index contributed by atoms with van der Waals surface area (Å²) in [5, 5.41) is 0. The Kier molecular flexibility index (Phi) is 2.16. The van der Waals surface area contributed by atoms with Gasteiger partial charge in [0.25, 0.3) is 0 Å². The van der Waals surface area contributed by atoms with Crippen LogP contribution in [0.15, 0.2) is 0 Å². The van der Waals surface area contributed by atoms with Gasteiger partial charge in [-0.15, -0.1) is 0 Å². The van der Waals surface area contributed by atoms with Gasteiger partial charge in [-0.1, -0.05) is 0 Å². The zero-order valence-corrected chi connectivity index (χ0v) is 10.6. The SMILES string of the molecule is CC(=O)OCC12COC3(C)CCC(C)(OC1)N23. The number of carbonyl (C=O) groups excluding carboxylic acids is 1. The van der Waals surface area contributed by atoms with E-state index in [4.69, 9.17) is 14.2 Å². The molecule has 0 bridgehead atoms. The second-order valence-corrected chi connectivity index (χ2v) is 5.77. The van der Waals surface area contributed by atoms with E-state index in [2.05, 4.69) is 18.7 Å². The summed E-state index contributed by atoms with van der Waals surface area (Å²) >= 11 is 0. The van der Waals surface area contributed by atoms with Crippen LogP contribution in [0.2, 0.25) is 0 Å². The van der Waals surface area contributed by atoms with Crippen molar-refractivity contribution in [2.45, 2.75) is 50.6 Å². The van der Waals surface area contributed by atoms with Crippen molar-refractivity contribution in [2.75, 3.05) is 19.8 Å². The topological polar surface area (TPSA) is 48.0 Å². The van der Waals surface area contributed by atoms with E-state index in [1.165, 1.54) is 6.92 Å². The summed E-state index contributed by atoms with van der Waals surface area (Å²) in [6, 6.07) is 0. The molecule has 0 aromatic heterocycles. The minimum Gasteiger partial charge on any atom is -0.464 e. The number of ether oxygens (including phenoxy) is 3. The molecule has 96 valence electrons. The van der Waals surface area contributed by atoms with Gasteiger partial charge in [0, 0.05) is 6.92 Å². The first kappa shape index (κ1) is 11.4. The highest BCUT2D eigenvalue weighted by molar-refractivity contribution is 5.66. The van der Waals surface area contributed by atoms with Crippen LogP contribution >= 0.6 is 0 Å². The molecule has 3 rings (SSSR count). The third-order valence-corrected chi connectivity index (χ3v) is 4.32. The van der Waals surface area contributed by atoms with Crippen molar-refractivity contribution >= 4 is 5.97 Å². The Morgan fingerprint density at radius 3 is 2.24 bits per heavy atom. The van der Waals surface area contributed by atoms with Crippen LogP contribution in [0.5, 0.6) is 0 Å². The fraction of sp³-hybridized carbons (Fsp3) is 0.917. The van der Waals surface area contributed by atoms with E-state index in [0.29, 0.717) is 19.8 Å². The van der Waals surface area contributed by atoms with Crippen LogP contribution in [0.25, 0.3) is 0 Å². The molecule has 0 aromatic rings. The standard InChI is InChI=1S/C12H19NO4/c1-9(14)15-6-12-7-16-10(2)4-5-11(3,13(10)12)17-8-12/h4-8H2,1-3H3. The van der Waals surface area contributed by atoms with E-state index in [0.717, 1.165) is 12.8 Å². The van der Waals surface area contributed by atoms with Gasteiger partial charge in [0.1, 0.15) is 23.6 Å². The van der Waals surface area contributed by atoms with Crippen molar-refractivity contribution in [3.05, 3.63) is 0 Å². The Balaban J connectivity index is 1.89. The Morgan fingerprint density at radius 1 is 1.24 bits per heavy atom. The first-order chi connectivity index (χ1) is 7.90. The van der Waals surface area contributed by atoms with E-state index in [-0.39, 0.29) is 23.0 Å². The molecule has 0 radical (unpaired) electrons. The Bertz CT molecular complexity index is 350. The minimum absolute atomic E-state index is 0.249. The van der Waals surface area contributed by atoms with Gasteiger partial charge in [-0.05, 0) is 26.7 Å². The summed E-state index contributed by atoms with van der Waals surface area (Å²) in [5.74, 6) is -0.249. The van der Waals surface area contributed by atoms with Crippen LogP contribution in [0, 0.1) is 0 Å². The molecule has 0 saturated carbocycles. The summed E-state index contributed by atoms with van der Waals surface area (Å²) in [6.07, 6.45) is 1.93. The minimum atomic E-state index is -0.286. The van der Waals surface area contributed by atoms with Crippen molar-refractivity contribution in [2.24, 2.45) is 0 Å². The van der Waals surface area contributed by atoms with Gasteiger partial charge < -0.3 is 14.2 Å². The van der Waals surface area contributed by atoms with Gasteiger partial charge in [0.15, 0.2) is 0 Å². The van der Waals surface area contributed by atoms with E-state index in [1.807, 2.05) is 0 Å². The van der Waals surface area contributed by atoms with Crippen molar-refractivity contribution in [1.29, 1.82) is 0 Å². The molecule has 0 aromatic carbocycles. The van der Waals surface area contributed by atoms with Gasteiger partial charge in [-0.2, -0.15) is 0 Å². The van der Waals surface area contributed by atoms with E-state index in [9.17, 15) is 4.79 Å². The average Bonchev–Trinajstić information content (AvgIpc) is 2.82. The lowest BCUT2D eigenvalue weighted by Crippen LogP contribution is -2.56. The van der Waals surface area contributed by atoms with Crippen molar-refractivity contribution < 1.29 is 19.0 Å². The zero-order chi connectivity index (χ0) is 12.3. The van der Waals surface area contributed by atoms with Crippen LogP contribution in [0.4, 0.5) is 0 Å². The molecular formula is C12H19NO4. The second-order valence-electron chi connectivity index (χ2n) is 5.77. The molecule has 0 aliphatic carbocycles. The average molecular weight is 241 g/mol. The molecule has 5 heteroatoms. The maximum absolute atomic E-state index is 11.0. The number of carbonyl (C=O) groups is 1. The monoisotopic (exact) mass is 241 g/mol. The van der Waals surface area contributed by atoms with E-state index in [1.54, 1.807) is 0 Å². The molecule has 0 amide bonds. The zero-order valence-electron chi connectivity index (χ0n) is 10.6. The van der Waals surface area contributed by atoms with E-state index >= 15 is 0 Å². The summed E-state index contributed by atoms with van der Waals surface area (Å²) < 4.78 is 17.1. The first-order valence-corrected chi connectivity index (χ1v) is 6.12. The Labute approximate surface area is 101 Å². The maximum Gasteiger partial charge on any atom is 0.302 e. The second kappa shape index (κ2) is 3.22. The van der Waals surface area contributed by atoms with Gasteiger partial charge in [-0.3, -0.25) is 4.79 Å². The summed E-state index contributed by atoms with van der Waals surface area (Å²) in [6.45, 7) is 7.14. The van der Waals surface area contributed by atoms with Gasteiger partial charge in [0.05, 0.1) is 13.2 Å². The molecule has 2 unspecified atom stereocenters. The van der Waals surface area contributed by atoms with Crippen LogP contribution in [-0.4, -0.2) is 47.7 Å². The van der Waals surface area contributed by atoms with Crippen LogP contribution in [-0.2, 0) is 19.0 Å². The molecule has 0 spiro atoms. The third kappa shape index (κ3) is 1.39. The lowest BCUT2D eigenvalue weighted by molar-refractivity contribution is -0.146. The van der Waals surface area contributed by atoms with Gasteiger partial charge in [0.2, 0.25) is 0 Å². The molecule has 5 nitrogen and oxygen atoms in total. The number of hydrogen-bond donors (Lipinski definition) is 0. The predicted molar refractivity (Wildman–Crippen MR) is 59.2 cm³/mol.